The van der Waals surface area contributed by atoms with Gasteiger partial charge >= 0.3 is 5.97 Å². The van der Waals surface area contributed by atoms with Gasteiger partial charge in [0.05, 0.1) is 13.2 Å². The normalized spacial score (nSPS) is 12.2. The van der Waals surface area contributed by atoms with Gasteiger partial charge in [0.1, 0.15) is 12.6 Å². The highest BCUT2D eigenvalue weighted by Gasteiger charge is 2.22. The largest absolute Gasteiger partial charge is 0.480 e. The summed E-state index contributed by atoms with van der Waals surface area (Å²) in [5.74, 6) is -1.55. The summed E-state index contributed by atoms with van der Waals surface area (Å²) in [4.78, 5) is 23.9. The summed E-state index contributed by atoms with van der Waals surface area (Å²) in [5.41, 5.74) is 0.904. The Bertz CT molecular complexity index is 931. The molecule has 3 rings (SSSR count). The van der Waals surface area contributed by atoms with Crippen molar-refractivity contribution in [2.24, 2.45) is 0 Å². The average molecular weight is 381 g/mol. The lowest BCUT2D eigenvalue weighted by molar-refractivity contribution is -0.142. The van der Waals surface area contributed by atoms with Crippen molar-refractivity contribution in [3.63, 3.8) is 0 Å². The van der Waals surface area contributed by atoms with Gasteiger partial charge in [0, 0.05) is 13.5 Å². The molecule has 3 aromatic carbocycles. The number of benzene rings is 3. The number of nitrogens with one attached hydrogen (secondary N) is 1. The van der Waals surface area contributed by atoms with Crippen molar-refractivity contribution in [3.8, 4) is 0 Å². The summed E-state index contributed by atoms with van der Waals surface area (Å²) in [5, 5.41) is 16.3. The lowest BCUT2D eigenvalue weighted by Gasteiger charge is -2.18. The highest BCUT2D eigenvalue weighted by atomic mass is 16.5. The second-order valence-electron chi connectivity index (χ2n) is 6.51. The molecular weight excluding hydrogens is 358 g/mol. The highest BCUT2D eigenvalue weighted by molar-refractivity contribution is 6.02. The van der Waals surface area contributed by atoms with Crippen molar-refractivity contribution in [1.29, 1.82) is 0 Å². The molecule has 146 valence electrons. The number of methoxy groups -OCH3 is 1. The van der Waals surface area contributed by atoms with Crippen LogP contribution in [-0.2, 0) is 25.5 Å². The van der Waals surface area contributed by atoms with E-state index in [1.165, 1.54) is 0 Å². The zero-order valence-corrected chi connectivity index (χ0v) is 15.7. The van der Waals surface area contributed by atoms with Crippen LogP contribution in [0.2, 0.25) is 0 Å². The van der Waals surface area contributed by atoms with Crippen LogP contribution in [0.15, 0.2) is 54.6 Å². The smallest absolute Gasteiger partial charge is 0.326 e. The average Bonchev–Trinajstić information content (AvgIpc) is 2.70. The maximum absolute atomic E-state index is 12.1. The lowest BCUT2D eigenvalue weighted by Crippen LogP contribution is -2.44. The van der Waals surface area contributed by atoms with Crippen molar-refractivity contribution >= 4 is 33.4 Å². The number of ether oxygens (including phenoxy) is 2. The Morgan fingerprint density at radius 1 is 1.00 bits per heavy atom. The molecule has 0 aliphatic carbocycles. The molecule has 6 nitrogen and oxygen atoms in total. The fourth-order valence-corrected chi connectivity index (χ4v) is 3.28. The van der Waals surface area contributed by atoms with E-state index in [4.69, 9.17) is 9.47 Å². The van der Waals surface area contributed by atoms with Crippen LogP contribution < -0.4 is 5.32 Å². The minimum atomic E-state index is -1.08. The van der Waals surface area contributed by atoms with E-state index in [0.29, 0.717) is 6.61 Å². The predicted molar refractivity (Wildman–Crippen MR) is 107 cm³/mol. The van der Waals surface area contributed by atoms with Gasteiger partial charge in [-0.1, -0.05) is 48.5 Å². The molecular formula is C22H23NO5. The first-order chi connectivity index (χ1) is 13.6. The number of carboxylic acids is 1. The van der Waals surface area contributed by atoms with Crippen molar-refractivity contribution in [2.45, 2.75) is 12.5 Å². The van der Waals surface area contributed by atoms with Crippen molar-refractivity contribution < 1.29 is 24.2 Å². The van der Waals surface area contributed by atoms with E-state index in [9.17, 15) is 14.7 Å². The van der Waals surface area contributed by atoms with E-state index in [1.807, 2.05) is 48.5 Å². The Morgan fingerprint density at radius 2 is 1.61 bits per heavy atom. The summed E-state index contributed by atoms with van der Waals surface area (Å²) in [6.45, 7) is 0.441. The molecule has 0 spiro atoms. The molecule has 0 heterocycles. The minimum absolute atomic E-state index is 0.182. The van der Waals surface area contributed by atoms with E-state index < -0.39 is 17.9 Å². The quantitative estimate of drug-likeness (QED) is 0.440. The first-order valence-electron chi connectivity index (χ1n) is 9.08. The molecule has 0 bridgehead atoms. The van der Waals surface area contributed by atoms with Gasteiger partial charge in [0.2, 0.25) is 5.91 Å². The number of hydrogen-bond donors (Lipinski definition) is 2. The molecule has 28 heavy (non-hydrogen) atoms. The number of carboxylic acid groups (broad SMARTS) is 1. The van der Waals surface area contributed by atoms with E-state index in [1.54, 1.807) is 7.11 Å². The van der Waals surface area contributed by atoms with Gasteiger partial charge in [-0.05, 0) is 33.2 Å². The minimum Gasteiger partial charge on any atom is -0.480 e. The third-order valence-corrected chi connectivity index (χ3v) is 4.59. The summed E-state index contributed by atoms with van der Waals surface area (Å²) >= 11 is 0. The Balaban J connectivity index is 1.87. The molecule has 1 atom stereocenters. The molecule has 0 radical (unpaired) electrons. The van der Waals surface area contributed by atoms with Crippen LogP contribution >= 0.6 is 0 Å². The van der Waals surface area contributed by atoms with Crippen LogP contribution in [-0.4, -0.2) is 50.0 Å². The Labute approximate surface area is 163 Å². The number of rotatable bonds is 9. The van der Waals surface area contributed by atoms with Crippen molar-refractivity contribution in [3.05, 3.63) is 60.2 Å². The number of carbonyl (C=O) groups excluding carboxylic acids is 1. The van der Waals surface area contributed by atoms with Crippen LogP contribution in [0.4, 0.5) is 0 Å². The van der Waals surface area contributed by atoms with E-state index in [-0.39, 0.29) is 19.6 Å². The zero-order valence-electron chi connectivity index (χ0n) is 15.7. The second kappa shape index (κ2) is 9.30. The molecule has 3 aromatic rings. The van der Waals surface area contributed by atoms with Crippen LogP contribution in [0.25, 0.3) is 21.5 Å². The summed E-state index contributed by atoms with van der Waals surface area (Å²) in [6.07, 6.45) is 0.182. The number of amides is 1. The van der Waals surface area contributed by atoms with Crippen LogP contribution in [0, 0.1) is 0 Å². The molecule has 0 saturated heterocycles. The van der Waals surface area contributed by atoms with Gasteiger partial charge < -0.3 is 19.9 Å². The number of fused-ring (bicyclic) bond motifs is 2. The summed E-state index contributed by atoms with van der Waals surface area (Å²) < 4.78 is 10.0. The van der Waals surface area contributed by atoms with E-state index in [2.05, 4.69) is 11.4 Å². The van der Waals surface area contributed by atoms with E-state index in [0.717, 1.165) is 27.1 Å². The molecule has 0 aliphatic rings. The lowest BCUT2D eigenvalue weighted by atomic mass is 9.92. The molecule has 0 aliphatic heterocycles. The van der Waals surface area contributed by atoms with Gasteiger partial charge in [-0.3, -0.25) is 4.79 Å². The molecule has 0 aromatic heterocycles. The van der Waals surface area contributed by atoms with Crippen molar-refractivity contribution in [1.82, 2.24) is 5.32 Å². The van der Waals surface area contributed by atoms with Crippen LogP contribution in [0.5, 0.6) is 0 Å². The summed E-state index contributed by atoms with van der Waals surface area (Å²) in [7, 11) is 1.54. The van der Waals surface area contributed by atoms with Crippen LogP contribution in [0.3, 0.4) is 0 Å². The fourth-order valence-electron chi connectivity index (χ4n) is 3.28. The molecule has 2 N–H and O–H groups in total. The highest BCUT2D eigenvalue weighted by Crippen LogP contribution is 2.29. The number of hydrogen-bond acceptors (Lipinski definition) is 4. The molecule has 0 fully saturated rings. The monoisotopic (exact) mass is 381 g/mol. The SMILES string of the molecule is COCCOCC(=O)N[C@@H](Cc1c2ccccc2cc2ccccc12)C(=O)O. The Kier molecular flexibility index (Phi) is 6.57. The molecule has 0 saturated carbocycles. The van der Waals surface area contributed by atoms with Gasteiger partial charge in [-0.25, -0.2) is 4.79 Å². The van der Waals surface area contributed by atoms with Crippen LogP contribution in [0.1, 0.15) is 5.56 Å². The third kappa shape index (κ3) is 4.65. The predicted octanol–water partition coefficient (Wildman–Crippen LogP) is 2.77. The first-order valence-corrected chi connectivity index (χ1v) is 9.08. The Hall–Kier alpha value is -2.96. The third-order valence-electron chi connectivity index (χ3n) is 4.59. The van der Waals surface area contributed by atoms with Gasteiger partial charge in [-0.15, -0.1) is 0 Å². The number of carbonyl (C=O) groups is 2. The van der Waals surface area contributed by atoms with E-state index >= 15 is 0 Å². The maximum Gasteiger partial charge on any atom is 0.326 e. The first kappa shape index (κ1) is 19.8. The molecule has 0 unspecified atom stereocenters. The second-order valence-corrected chi connectivity index (χ2v) is 6.51. The number of aliphatic carboxylic acids is 1. The van der Waals surface area contributed by atoms with Gasteiger partial charge in [-0.2, -0.15) is 0 Å². The topological polar surface area (TPSA) is 84.9 Å². The molecule has 1 amide bonds. The maximum atomic E-state index is 12.1. The van der Waals surface area contributed by atoms with Crippen molar-refractivity contribution in [2.75, 3.05) is 26.9 Å². The zero-order chi connectivity index (χ0) is 19.9. The van der Waals surface area contributed by atoms with Gasteiger partial charge in [0.25, 0.3) is 0 Å². The Morgan fingerprint density at radius 3 is 2.18 bits per heavy atom. The molecule has 6 heteroatoms. The fraction of sp³-hybridized carbons (Fsp3) is 0.273. The summed E-state index contributed by atoms with van der Waals surface area (Å²) in [6, 6.07) is 16.8. The standard InChI is InChI=1S/C22H23NO5/c1-27-10-11-28-14-21(24)23-20(22(25)26)13-19-17-8-4-2-6-15(17)12-16-7-3-5-9-18(16)19/h2-9,12,20H,10-11,13-14H2,1H3,(H,23,24)(H,25,26)/t20-/m0/s1. The van der Waals surface area contributed by atoms with Gasteiger partial charge in [0.15, 0.2) is 0 Å².